The summed E-state index contributed by atoms with van der Waals surface area (Å²) in [5.41, 5.74) is 1.22. The lowest BCUT2D eigenvalue weighted by atomic mass is 10.1. The number of hydrogen-bond donors (Lipinski definition) is 1. The molecular weight excluding hydrogens is 481 g/mol. The average Bonchev–Trinajstić information content (AvgIpc) is 3.19. The molecule has 0 saturated carbocycles. The summed E-state index contributed by atoms with van der Waals surface area (Å²) in [5, 5.41) is 3.52. The third kappa shape index (κ3) is 6.58. The lowest BCUT2D eigenvalue weighted by Gasteiger charge is -2.22. The number of ether oxygens (including phenoxy) is 1. The number of thioether (sulfide) groups is 1. The highest BCUT2D eigenvalue weighted by atomic mass is 127. The van der Waals surface area contributed by atoms with Crippen molar-refractivity contribution >= 4 is 41.7 Å². The molecule has 152 valence electrons. The van der Waals surface area contributed by atoms with Gasteiger partial charge in [-0.2, -0.15) is 0 Å². The molecule has 0 aliphatic carbocycles. The molecule has 1 fully saturated rings. The smallest absolute Gasteiger partial charge is 0.193 e. The van der Waals surface area contributed by atoms with Crippen molar-refractivity contribution < 1.29 is 4.74 Å². The minimum atomic E-state index is 0. The Bertz CT molecular complexity index is 742. The van der Waals surface area contributed by atoms with E-state index in [9.17, 15) is 0 Å². The number of aliphatic imine (C=N–C) groups is 1. The fourth-order valence-electron chi connectivity index (χ4n) is 3.44. The molecule has 1 unspecified atom stereocenters. The Balaban J connectivity index is 0.00000280. The maximum atomic E-state index is 5.44. The SMILES string of the molecule is CN=C(NCCc1ccccc1OC)N1CCC(CSc2ccccc2)C1.I. The largest absolute Gasteiger partial charge is 0.496 e. The molecule has 0 radical (unpaired) electrons. The second kappa shape index (κ2) is 12.2. The summed E-state index contributed by atoms with van der Waals surface area (Å²) in [6.07, 6.45) is 2.15. The molecule has 4 nitrogen and oxygen atoms in total. The summed E-state index contributed by atoms with van der Waals surface area (Å²) >= 11 is 1.96. The number of rotatable bonds is 7. The summed E-state index contributed by atoms with van der Waals surface area (Å²) in [4.78, 5) is 8.23. The fraction of sp³-hybridized carbons (Fsp3) is 0.409. The lowest BCUT2D eigenvalue weighted by molar-refractivity contribution is 0.409. The van der Waals surface area contributed by atoms with E-state index in [-0.39, 0.29) is 24.0 Å². The van der Waals surface area contributed by atoms with Crippen LogP contribution in [0.2, 0.25) is 0 Å². The topological polar surface area (TPSA) is 36.9 Å². The van der Waals surface area contributed by atoms with Crippen molar-refractivity contribution in [1.82, 2.24) is 10.2 Å². The van der Waals surface area contributed by atoms with Gasteiger partial charge in [0.1, 0.15) is 5.75 Å². The van der Waals surface area contributed by atoms with E-state index < -0.39 is 0 Å². The molecule has 0 spiro atoms. The molecule has 0 aromatic heterocycles. The maximum absolute atomic E-state index is 5.44. The van der Waals surface area contributed by atoms with E-state index in [4.69, 9.17) is 4.74 Å². The third-order valence-corrected chi connectivity index (χ3v) is 6.14. The summed E-state index contributed by atoms with van der Waals surface area (Å²) in [6, 6.07) is 18.9. The zero-order valence-electron chi connectivity index (χ0n) is 16.6. The van der Waals surface area contributed by atoms with E-state index in [2.05, 4.69) is 57.7 Å². The summed E-state index contributed by atoms with van der Waals surface area (Å²) in [5.74, 6) is 3.84. The van der Waals surface area contributed by atoms with Crippen LogP contribution >= 0.6 is 35.7 Å². The highest BCUT2D eigenvalue weighted by Crippen LogP contribution is 2.26. The molecule has 1 aliphatic heterocycles. The first-order valence-electron chi connectivity index (χ1n) is 9.55. The minimum Gasteiger partial charge on any atom is -0.496 e. The molecule has 3 rings (SSSR count). The van der Waals surface area contributed by atoms with Gasteiger partial charge in [0.25, 0.3) is 0 Å². The predicted molar refractivity (Wildman–Crippen MR) is 130 cm³/mol. The molecule has 1 aliphatic rings. The molecule has 2 aromatic rings. The molecule has 6 heteroatoms. The minimum absolute atomic E-state index is 0. The summed E-state index contributed by atoms with van der Waals surface area (Å²) in [7, 11) is 3.60. The van der Waals surface area contributed by atoms with Gasteiger partial charge in [0, 0.05) is 37.3 Å². The third-order valence-electron chi connectivity index (χ3n) is 4.90. The Labute approximate surface area is 190 Å². The number of hydrogen-bond acceptors (Lipinski definition) is 3. The number of likely N-dealkylation sites (tertiary alicyclic amines) is 1. The van der Waals surface area contributed by atoms with Gasteiger partial charge in [0.05, 0.1) is 7.11 Å². The van der Waals surface area contributed by atoms with Crippen molar-refractivity contribution in [3.8, 4) is 5.75 Å². The number of guanidine groups is 1. The molecule has 0 amide bonds. The molecule has 28 heavy (non-hydrogen) atoms. The molecule has 1 saturated heterocycles. The van der Waals surface area contributed by atoms with Crippen LogP contribution in [0.3, 0.4) is 0 Å². The molecule has 1 N–H and O–H groups in total. The Hall–Kier alpha value is -1.41. The van der Waals surface area contributed by atoms with E-state index in [1.165, 1.54) is 22.6 Å². The van der Waals surface area contributed by atoms with Crippen LogP contribution in [0.25, 0.3) is 0 Å². The number of methoxy groups -OCH3 is 1. The second-order valence-corrected chi connectivity index (χ2v) is 7.85. The van der Waals surface area contributed by atoms with Crippen LogP contribution in [0.15, 0.2) is 64.5 Å². The Morgan fingerprint density at radius 2 is 1.93 bits per heavy atom. The van der Waals surface area contributed by atoms with Gasteiger partial charge in [-0.15, -0.1) is 35.7 Å². The van der Waals surface area contributed by atoms with Crippen molar-refractivity contribution in [3.63, 3.8) is 0 Å². The van der Waals surface area contributed by atoms with Crippen molar-refractivity contribution in [1.29, 1.82) is 0 Å². The fourth-order valence-corrected chi connectivity index (χ4v) is 4.49. The first-order valence-corrected chi connectivity index (χ1v) is 10.5. The van der Waals surface area contributed by atoms with Crippen molar-refractivity contribution in [2.24, 2.45) is 10.9 Å². The molecule has 0 bridgehead atoms. The predicted octanol–water partition coefficient (Wildman–Crippen LogP) is 4.55. The van der Waals surface area contributed by atoms with Gasteiger partial charge in [-0.1, -0.05) is 36.4 Å². The Morgan fingerprint density at radius 1 is 1.18 bits per heavy atom. The van der Waals surface area contributed by atoms with Gasteiger partial charge in [-0.25, -0.2) is 0 Å². The Kier molecular flexibility index (Phi) is 9.98. The van der Waals surface area contributed by atoms with Crippen molar-refractivity contribution in [2.75, 3.05) is 39.5 Å². The van der Waals surface area contributed by atoms with Gasteiger partial charge in [-0.3, -0.25) is 4.99 Å². The van der Waals surface area contributed by atoms with E-state index in [0.717, 1.165) is 37.8 Å². The lowest BCUT2D eigenvalue weighted by Crippen LogP contribution is -2.41. The van der Waals surface area contributed by atoms with Crippen LogP contribution < -0.4 is 10.1 Å². The number of para-hydroxylation sites is 1. The highest BCUT2D eigenvalue weighted by molar-refractivity contribution is 14.0. The first kappa shape index (κ1) is 22.9. The molecule has 2 aromatic carbocycles. The number of nitrogens with zero attached hydrogens (tertiary/aromatic N) is 2. The normalized spacial score (nSPS) is 16.6. The zero-order valence-corrected chi connectivity index (χ0v) is 19.8. The maximum Gasteiger partial charge on any atom is 0.193 e. The number of nitrogens with one attached hydrogen (secondary N) is 1. The highest BCUT2D eigenvalue weighted by Gasteiger charge is 2.24. The van der Waals surface area contributed by atoms with Crippen LogP contribution in [-0.2, 0) is 6.42 Å². The monoisotopic (exact) mass is 511 g/mol. The standard InChI is InChI=1S/C22H29N3OS.HI/c1-23-22(24-14-12-19-8-6-7-11-21(19)26-2)25-15-13-18(16-25)17-27-20-9-4-3-5-10-20;/h3-11,18H,12-17H2,1-2H3,(H,23,24);1H. The Morgan fingerprint density at radius 3 is 2.68 bits per heavy atom. The van der Waals surface area contributed by atoms with Crippen LogP contribution in [0.5, 0.6) is 5.75 Å². The van der Waals surface area contributed by atoms with Gasteiger partial charge >= 0.3 is 0 Å². The van der Waals surface area contributed by atoms with Crippen LogP contribution in [-0.4, -0.2) is 50.4 Å². The second-order valence-electron chi connectivity index (χ2n) is 6.76. The number of halogens is 1. The van der Waals surface area contributed by atoms with E-state index in [1.807, 2.05) is 30.9 Å². The van der Waals surface area contributed by atoms with Crippen LogP contribution in [0.4, 0.5) is 0 Å². The van der Waals surface area contributed by atoms with Gasteiger partial charge in [0.15, 0.2) is 5.96 Å². The van der Waals surface area contributed by atoms with Gasteiger partial charge < -0.3 is 15.0 Å². The van der Waals surface area contributed by atoms with E-state index in [1.54, 1.807) is 7.11 Å². The van der Waals surface area contributed by atoms with E-state index >= 15 is 0 Å². The quantitative estimate of drug-likeness (QED) is 0.256. The first-order chi connectivity index (χ1) is 13.3. The van der Waals surface area contributed by atoms with E-state index in [0.29, 0.717) is 5.92 Å². The van der Waals surface area contributed by atoms with Gasteiger partial charge in [-0.05, 0) is 42.5 Å². The number of benzene rings is 2. The molecule has 1 atom stereocenters. The molecule has 1 heterocycles. The van der Waals surface area contributed by atoms with Gasteiger partial charge in [0.2, 0.25) is 0 Å². The van der Waals surface area contributed by atoms with Crippen LogP contribution in [0, 0.1) is 5.92 Å². The van der Waals surface area contributed by atoms with Crippen molar-refractivity contribution in [3.05, 3.63) is 60.2 Å². The summed E-state index contributed by atoms with van der Waals surface area (Å²) in [6.45, 7) is 3.01. The van der Waals surface area contributed by atoms with Crippen LogP contribution in [0.1, 0.15) is 12.0 Å². The average molecular weight is 511 g/mol. The summed E-state index contributed by atoms with van der Waals surface area (Å²) < 4.78 is 5.44. The van der Waals surface area contributed by atoms with Crippen molar-refractivity contribution in [2.45, 2.75) is 17.7 Å². The zero-order chi connectivity index (χ0) is 18.9. The molecular formula is C22H30IN3OS.